The summed E-state index contributed by atoms with van der Waals surface area (Å²) in [6.45, 7) is 2.21. The van der Waals surface area contributed by atoms with Crippen LogP contribution >= 0.6 is 0 Å². The van der Waals surface area contributed by atoms with E-state index < -0.39 is 0 Å². The zero-order valence-electron chi connectivity index (χ0n) is 15.9. The molecule has 0 saturated heterocycles. The lowest BCUT2D eigenvalue weighted by molar-refractivity contribution is -0.660. The molecule has 0 bridgehead atoms. The molecule has 0 spiro atoms. The third kappa shape index (κ3) is 1.92. The van der Waals surface area contributed by atoms with E-state index in [0.29, 0.717) is 0 Å². The highest BCUT2D eigenvalue weighted by atomic mass is 14.9. The van der Waals surface area contributed by atoms with Gasteiger partial charge in [0.15, 0.2) is 6.20 Å². The van der Waals surface area contributed by atoms with E-state index in [1.165, 1.54) is 54.5 Å². The second-order valence-corrected chi connectivity index (χ2v) is 7.60. The maximum Gasteiger partial charge on any atom is 0.213 e. The van der Waals surface area contributed by atoms with Crippen molar-refractivity contribution >= 4 is 43.2 Å². The van der Waals surface area contributed by atoms with Gasteiger partial charge in [-0.25, -0.2) is 4.57 Å². The topological polar surface area (TPSA) is 16.8 Å². The van der Waals surface area contributed by atoms with E-state index >= 15 is 0 Å². The molecule has 4 aromatic carbocycles. The molecular formula is C26H19N2+. The highest BCUT2D eigenvalue weighted by molar-refractivity contribution is 6.34. The fourth-order valence-electron chi connectivity index (χ4n) is 4.80. The molecule has 0 aliphatic rings. The van der Waals surface area contributed by atoms with Crippen molar-refractivity contribution in [2.24, 2.45) is 7.05 Å². The molecule has 0 saturated carbocycles. The van der Waals surface area contributed by atoms with Crippen molar-refractivity contribution in [3.05, 3.63) is 84.7 Å². The van der Waals surface area contributed by atoms with Gasteiger partial charge in [-0.2, -0.15) is 0 Å². The Hall–Kier alpha value is -3.52. The highest BCUT2D eigenvalue weighted by Gasteiger charge is 2.21. The number of nitrogens with zero attached hydrogens (tertiary/aromatic N) is 2. The Bertz CT molecular complexity index is 1530. The Morgan fingerprint density at radius 1 is 0.714 bits per heavy atom. The van der Waals surface area contributed by atoms with Gasteiger partial charge in [0.05, 0.1) is 11.1 Å². The molecule has 6 rings (SSSR count). The van der Waals surface area contributed by atoms with Gasteiger partial charge in [-0.15, -0.1) is 0 Å². The van der Waals surface area contributed by atoms with E-state index in [4.69, 9.17) is 4.98 Å². The minimum atomic E-state index is 1.06. The van der Waals surface area contributed by atoms with Crippen molar-refractivity contribution in [1.29, 1.82) is 0 Å². The first kappa shape index (κ1) is 15.5. The summed E-state index contributed by atoms with van der Waals surface area (Å²) in [5.41, 5.74) is 4.82. The Labute approximate surface area is 163 Å². The number of hydrogen-bond acceptors (Lipinski definition) is 1. The lowest BCUT2D eigenvalue weighted by Gasteiger charge is -2.17. The molecule has 0 unspecified atom stereocenters. The van der Waals surface area contributed by atoms with Gasteiger partial charge >= 0.3 is 0 Å². The van der Waals surface area contributed by atoms with E-state index in [9.17, 15) is 0 Å². The Morgan fingerprint density at radius 2 is 1.46 bits per heavy atom. The molecule has 2 aromatic heterocycles. The van der Waals surface area contributed by atoms with Crippen molar-refractivity contribution in [1.82, 2.24) is 4.98 Å². The van der Waals surface area contributed by atoms with Crippen LogP contribution in [0.1, 0.15) is 5.56 Å². The predicted octanol–water partition coefficient (Wildman–Crippen LogP) is 5.93. The van der Waals surface area contributed by atoms with Crippen LogP contribution in [0.15, 0.2) is 79.1 Å². The van der Waals surface area contributed by atoms with Crippen LogP contribution in [-0.4, -0.2) is 4.98 Å². The molecule has 2 heterocycles. The molecular weight excluding hydrogens is 340 g/mol. The Balaban J connectivity index is 1.95. The SMILES string of the molecule is Cc1cc2c3ccccc3c3cccc4ncc(c1-c1cccc[n+]1C)c2c43. The van der Waals surface area contributed by atoms with Crippen molar-refractivity contribution in [3.63, 3.8) is 0 Å². The molecule has 28 heavy (non-hydrogen) atoms. The summed E-state index contributed by atoms with van der Waals surface area (Å²) in [5, 5.41) is 9.03. The minimum absolute atomic E-state index is 1.06. The Kier molecular flexibility index (Phi) is 3.05. The average molecular weight is 359 g/mol. The third-order valence-electron chi connectivity index (χ3n) is 6.01. The lowest BCUT2D eigenvalue weighted by atomic mass is 9.87. The van der Waals surface area contributed by atoms with Crippen LogP contribution < -0.4 is 4.57 Å². The molecule has 6 aromatic rings. The summed E-state index contributed by atoms with van der Waals surface area (Å²) in [5.74, 6) is 0. The molecule has 0 N–H and O–H groups in total. The molecule has 0 fully saturated rings. The van der Waals surface area contributed by atoms with Crippen LogP contribution in [0.4, 0.5) is 0 Å². The summed E-state index contributed by atoms with van der Waals surface area (Å²) >= 11 is 0. The lowest BCUT2D eigenvalue weighted by Crippen LogP contribution is -2.30. The largest absolute Gasteiger partial charge is 0.256 e. The van der Waals surface area contributed by atoms with Crippen molar-refractivity contribution in [3.8, 4) is 11.3 Å². The molecule has 0 aliphatic heterocycles. The predicted molar refractivity (Wildman–Crippen MR) is 117 cm³/mol. The summed E-state index contributed by atoms with van der Waals surface area (Å²) in [4.78, 5) is 4.87. The number of aromatic nitrogens is 2. The fourth-order valence-corrected chi connectivity index (χ4v) is 4.80. The number of benzene rings is 4. The summed E-state index contributed by atoms with van der Waals surface area (Å²) in [6, 6.07) is 23.9. The zero-order chi connectivity index (χ0) is 18.8. The highest BCUT2D eigenvalue weighted by Crippen LogP contribution is 2.43. The van der Waals surface area contributed by atoms with Crippen LogP contribution in [-0.2, 0) is 7.05 Å². The monoisotopic (exact) mass is 359 g/mol. The van der Waals surface area contributed by atoms with Gasteiger partial charge < -0.3 is 0 Å². The van der Waals surface area contributed by atoms with Gasteiger partial charge in [-0.05, 0) is 52.2 Å². The normalized spacial score (nSPS) is 11.9. The van der Waals surface area contributed by atoms with Crippen LogP contribution in [0.25, 0.3) is 54.5 Å². The first-order chi connectivity index (χ1) is 13.7. The van der Waals surface area contributed by atoms with Crippen LogP contribution in [0.3, 0.4) is 0 Å². The van der Waals surface area contributed by atoms with Gasteiger partial charge in [-0.3, -0.25) is 4.98 Å². The molecule has 0 aliphatic carbocycles. The Morgan fingerprint density at radius 3 is 2.29 bits per heavy atom. The smallest absolute Gasteiger partial charge is 0.213 e. The van der Waals surface area contributed by atoms with Gasteiger partial charge in [0.1, 0.15) is 7.05 Å². The summed E-state index contributed by atoms with van der Waals surface area (Å²) in [6.07, 6.45) is 4.17. The third-order valence-corrected chi connectivity index (χ3v) is 6.01. The quantitative estimate of drug-likeness (QED) is 0.202. The summed E-state index contributed by atoms with van der Waals surface area (Å²) < 4.78 is 2.19. The first-order valence-corrected chi connectivity index (χ1v) is 9.64. The maximum atomic E-state index is 4.87. The van der Waals surface area contributed by atoms with Gasteiger partial charge in [0.2, 0.25) is 5.69 Å². The second kappa shape index (κ2) is 5.49. The van der Waals surface area contributed by atoms with Crippen molar-refractivity contribution < 1.29 is 4.57 Å². The first-order valence-electron chi connectivity index (χ1n) is 9.64. The number of fused-ring (bicyclic) bond motifs is 3. The van der Waals surface area contributed by atoms with Crippen molar-refractivity contribution in [2.45, 2.75) is 6.92 Å². The van der Waals surface area contributed by atoms with E-state index in [0.717, 1.165) is 5.52 Å². The molecule has 0 radical (unpaired) electrons. The standard InChI is InChI=1S/C26H19N2/c1-16-14-20-18-9-4-3-8-17(18)19-10-7-11-22-26(19)25(20)21(15-27-22)24(16)23-12-5-6-13-28(23)2/h3-15H,1-2H3/q+1. The van der Waals surface area contributed by atoms with Crippen LogP contribution in [0.5, 0.6) is 0 Å². The second-order valence-electron chi connectivity index (χ2n) is 7.60. The van der Waals surface area contributed by atoms with E-state index in [1.807, 2.05) is 0 Å². The minimum Gasteiger partial charge on any atom is -0.256 e. The van der Waals surface area contributed by atoms with Crippen LogP contribution in [0.2, 0.25) is 0 Å². The number of pyridine rings is 2. The molecule has 2 heteroatoms. The van der Waals surface area contributed by atoms with E-state index in [2.05, 4.69) is 97.7 Å². The maximum absolute atomic E-state index is 4.87. The fraction of sp³-hybridized carbons (Fsp3) is 0.0769. The van der Waals surface area contributed by atoms with Gasteiger partial charge in [0.25, 0.3) is 0 Å². The van der Waals surface area contributed by atoms with Crippen molar-refractivity contribution in [2.75, 3.05) is 0 Å². The summed E-state index contributed by atoms with van der Waals surface area (Å²) in [7, 11) is 2.11. The molecule has 0 atom stereocenters. The number of aryl methyl sites for hydroxylation is 2. The molecule has 2 nitrogen and oxygen atoms in total. The zero-order valence-corrected chi connectivity index (χ0v) is 15.9. The number of rotatable bonds is 1. The molecule has 132 valence electrons. The molecule has 0 amide bonds. The van der Waals surface area contributed by atoms with Crippen LogP contribution in [0, 0.1) is 6.92 Å². The van der Waals surface area contributed by atoms with E-state index in [1.54, 1.807) is 0 Å². The van der Waals surface area contributed by atoms with Gasteiger partial charge in [-0.1, -0.05) is 36.4 Å². The van der Waals surface area contributed by atoms with E-state index in [-0.39, 0.29) is 0 Å². The average Bonchev–Trinajstić information content (AvgIpc) is 2.73. The number of hydrogen-bond donors (Lipinski definition) is 0. The van der Waals surface area contributed by atoms with Gasteiger partial charge in [0, 0.05) is 34.5 Å².